The zero-order chi connectivity index (χ0) is 15.4. The van der Waals surface area contributed by atoms with Crippen molar-refractivity contribution >= 4 is 11.6 Å². The highest BCUT2D eigenvalue weighted by Crippen LogP contribution is 2.21. The normalized spacial score (nSPS) is 10.2. The minimum Gasteiger partial charge on any atom is -0.472 e. The van der Waals surface area contributed by atoms with Crippen molar-refractivity contribution in [3.05, 3.63) is 66.6 Å². The molecule has 0 atom stereocenters. The van der Waals surface area contributed by atoms with E-state index in [4.69, 9.17) is 9.15 Å². The molecule has 0 fully saturated rings. The van der Waals surface area contributed by atoms with E-state index in [0.717, 1.165) is 0 Å². The average Bonchev–Trinajstić information content (AvgIpc) is 3.06. The lowest BCUT2D eigenvalue weighted by molar-refractivity contribution is 0.102. The highest BCUT2D eigenvalue weighted by Gasteiger charge is 2.09. The molecule has 3 aromatic rings. The molecule has 0 spiro atoms. The minimum atomic E-state index is -0.511. The van der Waals surface area contributed by atoms with Crippen molar-refractivity contribution in [2.24, 2.45) is 0 Å². The standard InChI is InChI=1S/C15H10FN3O3/c16-12-3-1-2-4-13(12)22-15-17-7-11(8-18-15)19-14(20)10-5-6-21-9-10/h1-9H,(H,19,20). The van der Waals surface area contributed by atoms with Gasteiger partial charge in [-0.25, -0.2) is 14.4 Å². The number of halogens is 1. The van der Waals surface area contributed by atoms with Gasteiger partial charge >= 0.3 is 6.01 Å². The van der Waals surface area contributed by atoms with Crippen LogP contribution in [0.15, 0.2) is 59.7 Å². The number of ether oxygens (including phenoxy) is 1. The molecule has 110 valence electrons. The number of hydrogen-bond donors (Lipinski definition) is 1. The molecule has 0 aliphatic carbocycles. The monoisotopic (exact) mass is 299 g/mol. The second kappa shape index (κ2) is 6.04. The van der Waals surface area contributed by atoms with Crippen LogP contribution in [0.2, 0.25) is 0 Å². The molecule has 0 bridgehead atoms. The summed E-state index contributed by atoms with van der Waals surface area (Å²) >= 11 is 0. The van der Waals surface area contributed by atoms with Gasteiger partial charge in [0, 0.05) is 0 Å². The van der Waals surface area contributed by atoms with E-state index < -0.39 is 5.82 Å². The van der Waals surface area contributed by atoms with Gasteiger partial charge in [0.05, 0.1) is 29.9 Å². The molecular weight excluding hydrogens is 289 g/mol. The molecular formula is C15H10FN3O3. The highest BCUT2D eigenvalue weighted by molar-refractivity contribution is 6.03. The summed E-state index contributed by atoms with van der Waals surface area (Å²) in [5, 5.41) is 2.59. The molecule has 1 amide bonds. The number of rotatable bonds is 4. The van der Waals surface area contributed by atoms with Gasteiger partial charge < -0.3 is 14.5 Å². The predicted molar refractivity (Wildman–Crippen MR) is 75.2 cm³/mol. The maximum atomic E-state index is 13.4. The van der Waals surface area contributed by atoms with Crippen molar-refractivity contribution in [3.8, 4) is 11.8 Å². The van der Waals surface area contributed by atoms with E-state index in [1.165, 1.54) is 43.1 Å². The first-order chi connectivity index (χ1) is 10.7. The summed E-state index contributed by atoms with van der Waals surface area (Å²) in [7, 11) is 0. The molecule has 0 aliphatic rings. The van der Waals surface area contributed by atoms with E-state index in [0.29, 0.717) is 11.3 Å². The van der Waals surface area contributed by atoms with Crippen molar-refractivity contribution in [2.45, 2.75) is 0 Å². The zero-order valence-electron chi connectivity index (χ0n) is 11.2. The lowest BCUT2D eigenvalue weighted by Crippen LogP contribution is -2.11. The summed E-state index contributed by atoms with van der Waals surface area (Å²) in [6, 6.07) is 7.44. The second-order valence-corrected chi connectivity index (χ2v) is 4.25. The molecule has 0 radical (unpaired) electrons. The topological polar surface area (TPSA) is 77.2 Å². The van der Waals surface area contributed by atoms with E-state index in [2.05, 4.69) is 15.3 Å². The zero-order valence-corrected chi connectivity index (χ0v) is 11.2. The second-order valence-electron chi connectivity index (χ2n) is 4.25. The fraction of sp³-hybridized carbons (Fsp3) is 0. The summed E-state index contributed by atoms with van der Waals surface area (Å²) in [5.41, 5.74) is 0.763. The molecule has 0 aliphatic heterocycles. The average molecular weight is 299 g/mol. The van der Waals surface area contributed by atoms with Crippen molar-refractivity contribution in [3.63, 3.8) is 0 Å². The van der Waals surface area contributed by atoms with Gasteiger partial charge in [0.25, 0.3) is 5.91 Å². The number of nitrogens with one attached hydrogen (secondary N) is 1. The lowest BCUT2D eigenvalue weighted by atomic mass is 10.3. The van der Waals surface area contributed by atoms with Gasteiger partial charge in [-0.2, -0.15) is 0 Å². The molecule has 0 unspecified atom stereocenters. The number of benzene rings is 1. The van der Waals surface area contributed by atoms with Gasteiger partial charge in [0.15, 0.2) is 11.6 Å². The molecule has 22 heavy (non-hydrogen) atoms. The first-order valence-electron chi connectivity index (χ1n) is 6.30. The van der Waals surface area contributed by atoms with Crippen molar-refractivity contribution in [1.82, 2.24) is 9.97 Å². The summed E-state index contributed by atoms with van der Waals surface area (Å²) < 4.78 is 23.5. The molecule has 1 aromatic carbocycles. The number of carbonyl (C=O) groups is 1. The molecule has 7 heteroatoms. The van der Waals surface area contributed by atoms with Crippen molar-refractivity contribution in [1.29, 1.82) is 0 Å². The SMILES string of the molecule is O=C(Nc1cnc(Oc2ccccc2F)nc1)c1ccoc1. The third-order valence-corrected chi connectivity index (χ3v) is 2.71. The number of nitrogens with zero attached hydrogens (tertiary/aromatic N) is 2. The Hall–Kier alpha value is -3.22. The summed E-state index contributed by atoms with van der Waals surface area (Å²) in [4.78, 5) is 19.6. The van der Waals surface area contributed by atoms with Gasteiger partial charge in [-0.15, -0.1) is 0 Å². The Kier molecular flexibility index (Phi) is 3.78. The third-order valence-electron chi connectivity index (χ3n) is 2.71. The number of aromatic nitrogens is 2. The number of para-hydroxylation sites is 1. The first kappa shape index (κ1) is 13.7. The van der Waals surface area contributed by atoms with E-state index >= 15 is 0 Å². The maximum absolute atomic E-state index is 13.4. The Bertz CT molecular complexity index is 773. The van der Waals surface area contributed by atoms with Gasteiger partial charge in [-0.3, -0.25) is 4.79 Å². The van der Waals surface area contributed by atoms with Crippen LogP contribution in [0.5, 0.6) is 11.8 Å². The van der Waals surface area contributed by atoms with Gasteiger partial charge in [-0.1, -0.05) is 12.1 Å². The van der Waals surface area contributed by atoms with Gasteiger partial charge in [0.1, 0.15) is 6.26 Å². The molecule has 1 N–H and O–H groups in total. The smallest absolute Gasteiger partial charge is 0.322 e. The van der Waals surface area contributed by atoms with Crippen LogP contribution in [0, 0.1) is 5.82 Å². The van der Waals surface area contributed by atoms with Crippen LogP contribution in [0.1, 0.15) is 10.4 Å². The largest absolute Gasteiger partial charge is 0.472 e. The molecule has 3 rings (SSSR count). The summed E-state index contributed by atoms with van der Waals surface area (Å²) in [6.07, 6.45) is 5.45. The summed E-state index contributed by atoms with van der Waals surface area (Å²) in [6.45, 7) is 0. The highest BCUT2D eigenvalue weighted by atomic mass is 19.1. The van der Waals surface area contributed by atoms with Gasteiger partial charge in [-0.05, 0) is 18.2 Å². The number of amides is 1. The molecule has 2 heterocycles. The Morgan fingerprint density at radius 2 is 1.95 bits per heavy atom. The number of carbonyl (C=O) groups excluding carboxylic acids is 1. The fourth-order valence-corrected chi connectivity index (χ4v) is 1.66. The fourth-order valence-electron chi connectivity index (χ4n) is 1.66. The number of anilines is 1. The Balaban J connectivity index is 1.68. The van der Waals surface area contributed by atoms with Crippen LogP contribution < -0.4 is 10.1 Å². The number of furan rings is 1. The van der Waals surface area contributed by atoms with Gasteiger partial charge in [0.2, 0.25) is 0 Å². The quantitative estimate of drug-likeness (QED) is 0.800. The minimum absolute atomic E-state index is 0.0218. The first-order valence-corrected chi connectivity index (χ1v) is 6.30. The van der Waals surface area contributed by atoms with Crippen LogP contribution >= 0.6 is 0 Å². The van der Waals surface area contributed by atoms with Crippen molar-refractivity contribution in [2.75, 3.05) is 5.32 Å². The van der Waals surface area contributed by atoms with Crippen molar-refractivity contribution < 1.29 is 18.3 Å². The van der Waals surface area contributed by atoms with Crippen LogP contribution in [-0.4, -0.2) is 15.9 Å². The third kappa shape index (κ3) is 3.09. The Morgan fingerprint density at radius 1 is 1.18 bits per heavy atom. The van der Waals surface area contributed by atoms with E-state index in [9.17, 15) is 9.18 Å². The van der Waals surface area contributed by atoms with Crippen LogP contribution in [0.25, 0.3) is 0 Å². The molecule has 0 saturated carbocycles. The predicted octanol–water partition coefficient (Wildman–Crippen LogP) is 3.25. The van der Waals surface area contributed by atoms with E-state index in [-0.39, 0.29) is 17.7 Å². The molecule has 2 aromatic heterocycles. The molecule has 6 nitrogen and oxygen atoms in total. The molecule has 0 saturated heterocycles. The van der Waals surface area contributed by atoms with Crippen LogP contribution in [0.4, 0.5) is 10.1 Å². The summed E-state index contributed by atoms with van der Waals surface area (Å²) in [5.74, 6) is -0.832. The van der Waals surface area contributed by atoms with E-state index in [1.54, 1.807) is 12.1 Å². The van der Waals surface area contributed by atoms with Crippen LogP contribution in [0.3, 0.4) is 0 Å². The van der Waals surface area contributed by atoms with E-state index in [1.807, 2.05) is 0 Å². The Morgan fingerprint density at radius 3 is 2.64 bits per heavy atom. The number of hydrogen-bond acceptors (Lipinski definition) is 5. The maximum Gasteiger partial charge on any atom is 0.322 e. The Labute approximate surface area is 124 Å². The van der Waals surface area contributed by atoms with Crippen LogP contribution in [-0.2, 0) is 0 Å². The lowest BCUT2D eigenvalue weighted by Gasteiger charge is -2.06.